The van der Waals surface area contributed by atoms with E-state index >= 15 is 0 Å². The number of halogens is 2. The van der Waals surface area contributed by atoms with Crippen molar-refractivity contribution in [3.05, 3.63) is 35.4 Å². The zero-order valence-electron chi connectivity index (χ0n) is 8.42. The Morgan fingerprint density at radius 3 is 2.73 bits per heavy atom. The molecule has 1 atom stereocenters. The van der Waals surface area contributed by atoms with Gasteiger partial charge in [0, 0.05) is 6.42 Å². The Labute approximate surface area is 87.7 Å². The summed E-state index contributed by atoms with van der Waals surface area (Å²) >= 11 is 0. The highest BCUT2D eigenvalue weighted by Gasteiger charge is 2.40. The molecule has 0 bridgehead atoms. The van der Waals surface area contributed by atoms with Crippen LogP contribution in [0.25, 0.3) is 0 Å². The third-order valence-electron chi connectivity index (χ3n) is 2.96. The van der Waals surface area contributed by atoms with Crippen LogP contribution in [0.3, 0.4) is 0 Å². The van der Waals surface area contributed by atoms with Crippen LogP contribution < -0.4 is 0 Å². The number of hydrogen-bond donors (Lipinski definition) is 1. The second-order valence-electron chi connectivity index (χ2n) is 4.07. The number of hydrogen-bond acceptors (Lipinski definition) is 1. The van der Waals surface area contributed by atoms with Gasteiger partial charge in [-0.25, -0.2) is 8.78 Å². The fourth-order valence-corrected chi connectivity index (χ4v) is 2.07. The minimum Gasteiger partial charge on any atom is -0.382 e. The van der Waals surface area contributed by atoms with Gasteiger partial charge in [0.2, 0.25) is 0 Å². The highest BCUT2D eigenvalue weighted by atomic mass is 19.3. The molecule has 0 aromatic heterocycles. The molecule has 1 aliphatic carbocycles. The van der Waals surface area contributed by atoms with Crippen molar-refractivity contribution in [2.75, 3.05) is 0 Å². The Morgan fingerprint density at radius 2 is 1.93 bits per heavy atom. The summed E-state index contributed by atoms with van der Waals surface area (Å²) in [4.78, 5) is 0. The lowest BCUT2D eigenvalue weighted by Crippen LogP contribution is -2.28. The maximum atomic E-state index is 13.5. The molecule has 0 spiro atoms. The van der Waals surface area contributed by atoms with Crippen molar-refractivity contribution in [2.45, 2.75) is 37.7 Å². The molecule has 0 radical (unpaired) electrons. The lowest BCUT2D eigenvalue weighted by Gasteiger charge is -2.27. The molecule has 1 aliphatic rings. The van der Waals surface area contributed by atoms with Gasteiger partial charge in [0.1, 0.15) is 6.10 Å². The van der Waals surface area contributed by atoms with Crippen LogP contribution in [0, 0.1) is 0 Å². The number of rotatable bonds is 0. The summed E-state index contributed by atoms with van der Waals surface area (Å²) in [6.07, 6.45) is 0.151. The van der Waals surface area contributed by atoms with E-state index < -0.39 is 12.0 Å². The zero-order valence-corrected chi connectivity index (χ0v) is 8.42. The van der Waals surface area contributed by atoms with Crippen molar-refractivity contribution in [3.8, 4) is 0 Å². The summed E-state index contributed by atoms with van der Waals surface area (Å²) < 4.78 is 26.9. The average Bonchev–Trinajstić information content (AvgIpc) is 2.22. The third kappa shape index (κ3) is 2.02. The van der Waals surface area contributed by atoms with Gasteiger partial charge >= 0.3 is 0 Å². The van der Waals surface area contributed by atoms with Crippen molar-refractivity contribution in [1.29, 1.82) is 0 Å². The van der Waals surface area contributed by atoms with Crippen LogP contribution in [0.15, 0.2) is 24.3 Å². The van der Waals surface area contributed by atoms with Gasteiger partial charge < -0.3 is 5.11 Å². The maximum Gasteiger partial charge on any atom is 0.277 e. The van der Waals surface area contributed by atoms with Crippen LogP contribution in [0.4, 0.5) is 8.78 Å². The standard InChI is InChI=1S/C12H14F2O/c13-12(14)8-4-3-6-9-5-1-2-7-10(9)11(12)15/h1-2,5,7,11,15H,3-4,6,8H2. The van der Waals surface area contributed by atoms with Crippen molar-refractivity contribution >= 4 is 0 Å². The van der Waals surface area contributed by atoms with E-state index in [1.807, 2.05) is 12.1 Å². The highest BCUT2D eigenvalue weighted by Crippen LogP contribution is 2.39. The first-order valence-corrected chi connectivity index (χ1v) is 5.25. The number of alkyl halides is 2. The summed E-state index contributed by atoms with van der Waals surface area (Å²) in [5, 5.41) is 9.64. The van der Waals surface area contributed by atoms with Gasteiger partial charge in [0.05, 0.1) is 0 Å². The second-order valence-corrected chi connectivity index (χ2v) is 4.07. The zero-order chi connectivity index (χ0) is 10.9. The molecule has 1 aromatic carbocycles. The first-order valence-electron chi connectivity index (χ1n) is 5.25. The Hall–Kier alpha value is -0.960. The molecule has 2 rings (SSSR count). The highest BCUT2D eigenvalue weighted by molar-refractivity contribution is 5.31. The second kappa shape index (κ2) is 3.89. The van der Waals surface area contributed by atoms with Crippen LogP contribution in [-0.2, 0) is 6.42 Å². The van der Waals surface area contributed by atoms with Gasteiger partial charge in [0.25, 0.3) is 5.92 Å². The first-order chi connectivity index (χ1) is 7.11. The van der Waals surface area contributed by atoms with Crippen LogP contribution in [0.1, 0.15) is 36.5 Å². The predicted molar refractivity (Wildman–Crippen MR) is 53.9 cm³/mol. The SMILES string of the molecule is OC1c2ccccc2CCCCC1(F)F. The van der Waals surface area contributed by atoms with E-state index in [9.17, 15) is 13.9 Å². The first kappa shape index (κ1) is 10.6. The van der Waals surface area contributed by atoms with Crippen molar-refractivity contribution in [2.24, 2.45) is 0 Å². The molecule has 1 nitrogen and oxygen atoms in total. The minimum absolute atomic E-state index is 0.220. The molecule has 0 saturated carbocycles. The average molecular weight is 212 g/mol. The molecule has 15 heavy (non-hydrogen) atoms. The topological polar surface area (TPSA) is 20.2 Å². The number of aliphatic hydroxyl groups excluding tert-OH is 1. The van der Waals surface area contributed by atoms with E-state index in [4.69, 9.17) is 0 Å². The molecular weight excluding hydrogens is 198 g/mol. The fourth-order valence-electron chi connectivity index (χ4n) is 2.07. The van der Waals surface area contributed by atoms with Gasteiger partial charge in [0.15, 0.2) is 0 Å². The third-order valence-corrected chi connectivity index (χ3v) is 2.96. The lowest BCUT2D eigenvalue weighted by atomic mass is 9.89. The molecule has 1 unspecified atom stereocenters. The molecule has 0 aliphatic heterocycles. The molecule has 1 aromatic rings. The maximum absolute atomic E-state index is 13.5. The number of aliphatic hydroxyl groups is 1. The van der Waals surface area contributed by atoms with Gasteiger partial charge in [-0.15, -0.1) is 0 Å². The fraction of sp³-hybridized carbons (Fsp3) is 0.500. The van der Waals surface area contributed by atoms with Crippen LogP contribution in [0.2, 0.25) is 0 Å². The summed E-state index contributed by atoms with van der Waals surface area (Å²) in [6.45, 7) is 0. The molecule has 3 heteroatoms. The van der Waals surface area contributed by atoms with E-state index in [2.05, 4.69) is 0 Å². The molecule has 1 N–H and O–H groups in total. The van der Waals surface area contributed by atoms with Gasteiger partial charge in [-0.3, -0.25) is 0 Å². The molecule has 0 heterocycles. The van der Waals surface area contributed by atoms with Gasteiger partial charge in [-0.1, -0.05) is 24.3 Å². The normalized spacial score (nSPS) is 25.1. The van der Waals surface area contributed by atoms with E-state index in [1.54, 1.807) is 12.1 Å². The quantitative estimate of drug-likeness (QED) is 0.700. The Morgan fingerprint density at radius 1 is 1.20 bits per heavy atom. The lowest BCUT2D eigenvalue weighted by molar-refractivity contribution is -0.118. The summed E-state index contributed by atoms with van der Waals surface area (Å²) in [5.41, 5.74) is 1.24. The Kier molecular flexibility index (Phi) is 2.74. The van der Waals surface area contributed by atoms with E-state index in [-0.39, 0.29) is 6.42 Å². The smallest absolute Gasteiger partial charge is 0.277 e. The number of aryl methyl sites for hydroxylation is 1. The van der Waals surface area contributed by atoms with E-state index in [1.165, 1.54) is 0 Å². The van der Waals surface area contributed by atoms with Crippen LogP contribution in [0.5, 0.6) is 0 Å². The monoisotopic (exact) mass is 212 g/mol. The number of benzene rings is 1. The molecule has 82 valence electrons. The molecule has 0 saturated heterocycles. The van der Waals surface area contributed by atoms with Gasteiger partial charge in [-0.05, 0) is 30.4 Å². The Balaban J connectivity index is 2.41. The van der Waals surface area contributed by atoms with Gasteiger partial charge in [-0.2, -0.15) is 0 Å². The number of fused-ring (bicyclic) bond motifs is 1. The Bertz CT molecular complexity index is 349. The van der Waals surface area contributed by atoms with E-state index in [0.717, 1.165) is 18.4 Å². The largest absolute Gasteiger partial charge is 0.382 e. The molecular formula is C12H14F2O. The molecule has 0 fully saturated rings. The summed E-state index contributed by atoms with van der Waals surface area (Å²) in [6, 6.07) is 6.93. The van der Waals surface area contributed by atoms with Crippen LogP contribution in [-0.4, -0.2) is 11.0 Å². The van der Waals surface area contributed by atoms with Crippen molar-refractivity contribution < 1.29 is 13.9 Å². The minimum atomic E-state index is -2.99. The summed E-state index contributed by atoms with van der Waals surface area (Å²) in [5.74, 6) is -2.99. The summed E-state index contributed by atoms with van der Waals surface area (Å²) in [7, 11) is 0. The van der Waals surface area contributed by atoms with Crippen molar-refractivity contribution in [1.82, 2.24) is 0 Å². The van der Waals surface area contributed by atoms with Crippen LogP contribution >= 0.6 is 0 Å². The van der Waals surface area contributed by atoms with Crippen molar-refractivity contribution in [3.63, 3.8) is 0 Å². The molecule has 0 amide bonds. The predicted octanol–water partition coefficient (Wildman–Crippen LogP) is 3.08. The van der Waals surface area contributed by atoms with E-state index in [0.29, 0.717) is 12.0 Å².